The van der Waals surface area contributed by atoms with E-state index in [1.165, 1.54) is 42.4 Å². The molecule has 0 aromatic heterocycles. The van der Waals surface area contributed by atoms with Crippen molar-refractivity contribution in [2.75, 3.05) is 0 Å². The van der Waals surface area contributed by atoms with Crippen molar-refractivity contribution < 1.29 is 0 Å². The van der Waals surface area contributed by atoms with Crippen molar-refractivity contribution in [3.63, 3.8) is 0 Å². The van der Waals surface area contributed by atoms with Gasteiger partial charge in [-0.15, -0.1) is 0 Å². The molecule has 0 heterocycles. The van der Waals surface area contributed by atoms with Crippen molar-refractivity contribution in [2.24, 2.45) is 17.6 Å². The van der Waals surface area contributed by atoms with Crippen LogP contribution in [0.25, 0.3) is 0 Å². The minimum absolute atomic E-state index is 0.350. The summed E-state index contributed by atoms with van der Waals surface area (Å²) in [5.41, 5.74) is 10.6. The second-order valence-electron chi connectivity index (χ2n) is 6.21. The van der Waals surface area contributed by atoms with Crippen LogP contribution in [0.5, 0.6) is 0 Å². The molecule has 0 saturated heterocycles. The standard InChI is InChI=1S/C17H27N/c1-4-14-5-6-16(10-14)17(18)11-15-8-12(2)7-13(3)9-15/h7-9,14,16-17H,4-6,10-11,18H2,1-3H3. The lowest BCUT2D eigenvalue weighted by atomic mass is 9.91. The van der Waals surface area contributed by atoms with E-state index in [0.717, 1.165) is 18.3 Å². The molecule has 2 N–H and O–H groups in total. The summed E-state index contributed by atoms with van der Waals surface area (Å²) in [5, 5.41) is 0. The van der Waals surface area contributed by atoms with Gasteiger partial charge in [0.25, 0.3) is 0 Å². The van der Waals surface area contributed by atoms with Crippen LogP contribution in [0.4, 0.5) is 0 Å². The van der Waals surface area contributed by atoms with E-state index in [0.29, 0.717) is 6.04 Å². The Labute approximate surface area is 112 Å². The van der Waals surface area contributed by atoms with Gasteiger partial charge in [-0.05, 0) is 50.5 Å². The quantitative estimate of drug-likeness (QED) is 0.852. The van der Waals surface area contributed by atoms with Crippen LogP contribution in [0, 0.1) is 25.7 Å². The number of hydrogen-bond donors (Lipinski definition) is 1. The third-order valence-corrected chi connectivity index (χ3v) is 4.52. The Morgan fingerprint density at radius 3 is 2.39 bits per heavy atom. The Morgan fingerprint density at radius 2 is 1.83 bits per heavy atom. The Morgan fingerprint density at radius 1 is 1.17 bits per heavy atom. The Hall–Kier alpha value is -0.820. The van der Waals surface area contributed by atoms with Crippen LogP contribution in [0.3, 0.4) is 0 Å². The van der Waals surface area contributed by atoms with E-state index in [2.05, 4.69) is 39.0 Å². The van der Waals surface area contributed by atoms with E-state index in [9.17, 15) is 0 Å². The largest absolute Gasteiger partial charge is 0.327 e. The van der Waals surface area contributed by atoms with Crippen molar-refractivity contribution in [3.8, 4) is 0 Å². The summed E-state index contributed by atoms with van der Waals surface area (Å²) in [6.07, 6.45) is 6.45. The van der Waals surface area contributed by atoms with Crippen LogP contribution < -0.4 is 5.73 Å². The van der Waals surface area contributed by atoms with Gasteiger partial charge in [-0.2, -0.15) is 0 Å². The molecule has 100 valence electrons. The predicted octanol–water partition coefficient (Wildman–Crippen LogP) is 4.00. The summed E-state index contributed by atoms with van der Waals surface area (Å²) in [6.45, 7) is 6.65. The van der Waals surface area contributed by atoms with Gasteiger partial charge in [0.2, 0.25) is 0 Å². The van der Waals surface area contributed by atoms with Gasteiger partial charge in [0.15, 0.2) is 0 Å². The Balaban J connectivity index is 1.96. The summed E-state index contributed by atoms with van der Waals surface area (Å²) < 4.78 is 0. The van der Waals surface area contributed by atoms with E-state index in [-0.39, 0.29) is 0 Å². The molecule has 0 aliphatic heterocycles. The zero-order valence-corrected chi connectivity index (χ0v) is 12.1. The maximum Gasteiger partial charge on any atom is 0.0108 e. The zero-order valence-electron chi connectivity index (χ0n) is 12.1. The van der Waals surface area contributed by atoms with E-state index in [1.807, 2.05) is 0 Å². The van der Waals surface area contributed by atoms with E-state index >= 15 is 0 Å². The molecule has 3 unspecified atom stereocenters. The summed E-state index contributed by atoms with van der Waals surface area (Å²) in [5.74, 6) is 1.68. The second-order valence-corrected chi connectivity index (χ2v) is 6.21. The molecule has 0 spiro atoms. The van der Waals surface area contributed by atoms with Gasteiger partial charge in [0.05, 0.1) is 0 Å². The molecule has 0 radical (unpaired) electrons. The first-order valence-corrected chi connectivity index (χ1v) is 7.41. The molecule has 0 bridgehead atoms. The molecule has 1 saturated carbocycles. The fourth-order valence-electron chi connectivity index (χ4n) is 3.50. The number of rotatable bonds is 4. The minimum Gasteiger partial charge on any atom is -0.327 e. The van der Waals surface area contributed by atoms with Gasteiger partial charge in [0.1, 0.15) is 0 Å². The smallest absolute Gasteiger partial charge is 0.0108 e. The van der Waals surface area contributed by atoms with Crippen molar-refractivity contribution in [3.05, 3.63) is 34.9 Å². The van der Waals surface area contributed by atoms with Gasteiger partial charge in [-0.1, -0.05) is 49.1 Å². The highest BCUT2D eigenvalue weighted by atomic mass is 14.7. The van der Waals surface area contributed by atoms with E-state index in [4.69, 9.17) is 5.73 Å². The maximum atomic E-state index is 6.43. The average Bonchev–Trinajstić information content (AvgIpc) is 2.75. The molecule has 0 amide bonds. The molecule has 1 heteroatoms. The molecule has 1 aromatic carbocycles. The van der Waals surface area contributed by atoms with Crippen LogP contribution >= 0.6 is 0 Å². The first-order chi connectivity index (χ1) is 8.58. The highest BCUT2D eigenvalue weighted by molar-refractivity contribution is 5.29. The summed E-state index contributed by atoms with van der Waals surface area (Å²) >= 11 is 0. The average molecular weight is 245 g/mol. The monoisotopic (exact) mass is 245 g/mol. The van der Waals surface area contributed by atoms with E-state index in [1.54, 1.807) is 0 Å². The maximum absolute atomic E-state index is 6.43. The molecule has 1 aliphatic carbocycles. The fraction of sp³-hybridized carbons (Fsp3) is 0.647. The van der Waals surface area contributed by atoms with Crippen LogP contribution in [0.2, 0.25) is 0 Å². The van der Waals surface area contributed by atoms with Crippen molar-refractivity contribution >= 4 is 0 Å². The molecule has 3 atom stereocenters. The van der Waals surface area contributed by atoms with Gasteiger partial charge in [0, 0.05) is 6.04 Å². The van der Waals surface area contributed by atoms with Crippen LogP contribution in [0.1, 0.15) is 49.3 Å². The molecular weight excluding hydrogens is 218 g/mol. The highest BCUT2D eigenvalue weighted by Gasteiger charge is 2.27. The van der Waals surface area contributed by atoms with Gasteiger partial charge in [-0.3, -0.25) is 0 Å². The highest BCUT2D eigenvalue weighted by Crippen LogP contribution is 2.35. The van der Waals surface area contributed by atoms with Crippen LogP contribution in [-0.2, 0) is 6.42 Å². The zero-order chi connectivity index (χ0) is 13.1. The number of benzene rings is 1. The van der Waals surface area contributed by atoms with Gasteiger partial charge in [-0.25, -0.2) is 0 Å². The van der Waals surface area contributed by atoms with Crippen molar-refractivity contribution in [2.45, 2.75) is 58.9 Å². The Kier molecular flexibility index (Phi) is 4.45. The predicted molar refractivity (Wildman–Crippen MR) is 78.7 cm³/mol. The summed E-state index contributed by atoms with van der Waals surface area (Å²) in [4.78, 5) is 0. The SMILES string of the molecule is CCC1CCC(C(N)Cc2cc(C)cc(C)c2)C1. The van der Waals surface area contributed by atoms with Crippen molar-refractivity contribution in [1.29, 1.82) is 0 Å². The summed E-state index contributed by atoms with van der Waals surface area (Å²) in [7, 11) is 0. The Bertz CT molecular complexity index is 376. The molecule has 1 aliphatic rings. The molecule has 2 rings (SSSR count). The summed E-state index contributed by atoms with van der Waals surface area (Å²) in [6, 6.07) is 7.17. The van der Waals surface area contributed by atoms with Gasteiger partial charge < -0.3 is 5.73 Å². The van der Waals surface area contributed by atoms with E-state index < -0.39 is 0 Å². The third-order valence-electron chi connectivity index (χ3n) is 4.52. The first-order valence-electron chi connectivity index (χ1n) is 7.41. The van der Waals surface area contributed by atoms with Gasteiger partial charge >= 0.3 is 0 Å². The van der Waals surface area contributed by atoms with Crippen molar-refractivity contribution in [1.82, 2.24) is 0 Å². The topological polar surface area (TPSA) is 26.0 Å². The lowest BCUT2D eigenvalue weighted by Crippen LogP contribution is -2.31. The lowest BCUT2D eigenvalue weighted by molar-refractivity contribution is 0.405. The first kappa shape index (κ1) is 13.6. The fourth-order valence-corrected chi connectivity index (χ4v) is 3.50. The minimum atomic E-state index is 0.350. The van der Waals surface area contributed by atoms with Crippen LogP contribution in [-0.4, -0.2) is 6.04 Å². The lowest BCUT2D eigenvalue weighted by Gasteiger charge is -2.20. The normalized spacial score (nSPS) is 25.3. The number of aryl methyl sites for hydroxylation is 2. The number of nitrogens with two attached hydrogens (primary N) is 1. The molecular formula is C17H27N. The molecule has 1 fully saturated rings. The van der Waals surface area contributed by atoms with Crippen LogP contribution in [0.15, 0.2) is 18.2 Å². The second kappa shape index (κ2) is 5.88. The molecule has 1 aromatic rings. The third kappa shape index (κ3) is 3.35. The number of hydrogen-bond acceptors (Lipinski definition) is 1. The molecule has 1 nitrogen and oxygen atoms in total. The molecule has 18 heavy (non-hydrogen) atoms.